The third-order valence-corrected chi connectivity index (χ3v) is 4.34. The van der Waals surface area contributed by atoms with Gasteiger partial charge in [0.1, 0.15) is 0 Å². The lowest BCUT2D eigenvalue weighted by Crippen LogP contribution is -2.27. The maximum Gasteiger partial charge on any atom is 0.262 e. The normalized spacial score (nSPS) is 16.8. The van der Waals surface area contributed by atoms with Crippen molar-refractivity contribution in [2.75, 3.05) is 5.32 Å². The molecule has 0 spiro atoms. The number of nitrogens with zero attached hydrogens (tertiary/aromatic N) is 2. The van der Waals surface area contributed by atoms with E-state index < -0.39 is 0 Å². The zero-order valence-corrected chi connectivity index (χ0v) is 12.5. The van der Waals surface area contributed by atoms with Crippen molar-refractivity contribution in [3.63, 3.8) is 0 Å². The Balaban J connectivity index is 2.24. The molecule has 0 radical (unpaired) electrons. The van der Waals surface area contributed by atoms with Gasteiger partial charge in [-0.2, -0.15) is 0 Å². The second kappa shape index (κ2) is 3.94. The Labute approximate surface area is 119 Å². The third kappa shape index (κ3) is 1.90. The van der Waals surface area contributed by atoms with Crippen molar-refractivity contribution < 1.29 is 0 Å². The summed E-state index contributed by atoms with van der Waals surface area (Å²) >= 11 is 2.22. The molecule has 94 valence electrons. The highest BCUT2D eigenvalue weighted by Crippen LogP contribution is 2.37. The molecule has 1 aliphatic carbocycles. The van der Waals surface area contributed by atoms with Crippen molar-refractivity contribution in [2.45, 2.75) is 25.3 Å². The van der Waals surface area contributed by atoms with Crippen LogP contribution in [0.3, 0.4) is 0 Å². The summed E-state index contributed by atoms with van der Waals surface area (Å²) in [5.74, 6) is 0.664. The van der Waals surface area contributed by atoms with Gasteiger partial charge in [0, 0.05) is 16.2 Å². The van der Waals surface area contributed by atoms with Crippen LogP contribution >= 0.6 is 22.6 Å². The van der Waals surface area contributed by atoms with Crippen molar-refractivity contribution in [3.8, 4) is 0 Å². The average molecular weight is 355 g/mol. The predicted molar refractivity (Wildman–Crippen MR) is 81.0 cm³/mol. The monoisotopic (exact) mass is 355 g/mol. The van der Waals surface area contributed by atoms with Crippen LogP contribution in [0, 0.1) is 3.57 Å². The summed E-state index contributed by atoms with van der Waals surface area (Å²) in [6, 6.07) is 5.69. The molecule has 1 aromatic carbocycles. The minimum atomic E-state index is 0.00488. The SMILES string of the molecule is Cn1c(NC2(C)CC2)nc2c(I)cccc2c1=O. The Hall–Kier alpha value is -1.11. The lowest BCUT2D eigenvalue weighted by atomic mass is 10.2. The van der Waals surface area contributed by atoms with Gasteiger partial charge in [0.05, 0.1) is 10.9 Å². The van der Waals surface area contributed by atoms with Crippen LogP contribution < -0.4 is 10.9 Å². The van der Waals surface area contributed by atoms with E-state index in [0.717, 1.165) is 21.9 Å². The largest absolute Gasteiger partial charge is 0.350 e. The smallest absolute Gasteiger partial charge is 0.262 e. The van der Waals surface area contributed by atoms with E-state index >= 15 is 0 Å². The second-order valence-electron chi connectivity index (χ2n) is 5.12. The molecule has 1 saturated carbocycles. The van der Waals surface area contributed by atoms with E-state index in [0.29, 0.717) is 11.3 Å². The van der Waals surface area contributed by atoms with Crippen LogP contribution in [0.4, 0.5) is 5.95 Å². The molecule has 2 aromatic rings. The van der Waals surface area contributed by atoms with Crippen LogP contribution in [0.15, 0.2) is 23.0 Å². The average Bonchev–Trinajstić information content (AvgIpc) is 3.05. The van der Waals surface area contributed by atoms with Crippen LogP contribution in [0.2, 0.25) is 0 Å². The number of fused-ring (bicyclic) bond motifs is 1. The van der Waals surface area contributed by atoms with E-state index in [1.807, 2.05) is 18.2 Å². The molecule has 0 atom stereocenters. The molecule has 0 aliphatic heterocycles. The maximum absolute atomic E-state index is 12.3. The Morgan fingerprint density at radius 3 is 2.83 bits per heavy atom. The zero-order chi connectivity index (χ0) is 12.9. The third-order valence-electron chi connectivity index (χ3n) is 3.47. The van der Waals surface area contributed by atoms with Gasteiger partial charge >= 0.3 is 0 Å². The number of rotatable bonds is 2. The van der Waals surface area contributed by atoms with Crippen molar-refractivity contribution in [3.05, 3.63) is 32.1 Å². The molecule has 1 aromatic heterocycles. The molecule has 18 heavy (non-hydrogen) atoms. The van der Waals surface area contributed by atoms with E-state index in [1.54, 1.807) is 11.6 Å². The molecular weight excluding hydrogens is 341 g/mol. The number of halogens is 1. The van der Waals surface area contributed by atoms with Crippen LogP contribution in [0.5, 0.6) is 0 Å². The van der Waals surface area contributed by atoms with Gasteiger partial charge in [0.2, 0.25) is 5.95 Å². The van der Waals surface area contributed by atoms with E-state index in [4.69, 9.17) is 0 Å². The van der Waals surface area contributed by atoms with E-state index in [2.05, 4.69) is 39.8 Å². The molecule has 1 fully saturated rings. The maximum atomic E-state index is 12.3. The summed E-state index contributed by atoms with van der Waals surface area (Å²) in [7, 11) is 1.77. The lowest BCUT2D eigenvalue weighted by molar-refractivity contribution is 0.762. The van der Waals surface area contributed by atoms with Gasteiger partial charge < -0.3 is 5.32 Å². The van der Waals surface area contributed by atoms with Crippen LogP contribution in [-0.4, -0.2) is 15.1 Å². The standard InChI is InChI=1S/C13H14IN3O/c1-13(6-7-13)16-12-15-10-8(11(18)17(12)2)4-3-5-9(10)14/h3-5H,6-7H2,1-2H3,(H,15,16). The molecule has 0 saturated heterocycles. The molecule has 5 heteroatoms. The molecule has 4 nitrogen and oxygen atoms in total. The Morgan fingerprint density at radius 2 is 2.17 bits per heavy atom. The summed E-state index contributed by atoms with van der Waals surface area (Å²) in [5, 5.41) is 4.05. The molecule has 1 N–H and O–H groups in total. The van der Waals surface area contributed by atoms with Crippen molar-refractivity contribution in [2.24, 2.45) is 7.05 Å². The first-order valence-electron chi connectivity index (χ1n) is 5.94. The van der Waals surface area contributed by atoms with Crippen LogP contribution in [0.1, 0.15) is 19.8 Å². The van der Waals surface area contributed by atoms with Crippen molar-refractivity contribution in [1.29, 1.82) is 0 Å². The topological polar surface area (TPSA) is 46.9 Å². The van der Waals surface area contributed by atoms with Gasteiger partial charge in [0.25, 0.3) is 5.56 Å². The minimum absolute atomic E-state index is 0.00488. The number of nitrogens with one attached hydrogen (secondary N) is 1. The summed E-state index contributed by atoms with van der Waals surface area (Å²) < 4.78 is 2.61. The quantitative estimate of drug-likeness (QED) is 0.843. The van der Waals surface area contributed by atoms with Gasteiger partial charge in [-0.1, -0.05) is 6.07 Å². The highest BCUT2D eigenvalue weighted by Gasteiger charge is 2.38. The number of hydrogen-bond acceptors (Lipinski definition) is 3. The molecule has 0 amide bonds. The fourth-order valence-electron chi connectivity index (χ4n) is 1.95. The van der Waals surface area contributed by atoms with Gasteiger partial charge in [-0.05, 0) is 54.5 Å². The molecule has 0 bridgehead atoms. The summed E-state index contributed by atoms with van der Waals surface area (Å²) in [5.41, 5.74) is 0.906. The highest BCUT2D eigenvalue weighted by molar-refractivity contribution is 14.1. The number of anilines is 1. The fourth-order valence-corrected chi connectivity index (χ4v) is 2.57. The summed E-state index contributed by atoms with van der Waals surface area (Å²) in [6.07, 6.45) is 2.26. The Kier molecular flexibility index (Phi) is 2.62. The summed E-state index contributed by atoms with van der Waals surface area (Å²) in [6.45, 7) is 2.15. The number of benzene rings is 1. The highest BCUT2D eigenvalue weighted by atomic mass is 127. The van der Waals surface area contributed by atoms with E-state index in [1.165, 1.54) is 0 Å². The lowest BCUT2D eigenvalue weighted by Gasteiger charge is -2.16. The zero-order valence-electron chi connectivity index (χ0n) is 10.3. The van der Waals surface area contributed by atoms with Crippen LogP contribution in [0.25, 0.3) is 10.9 Å². The number of hydrogen-bond donors (Lipinski definition) is 1. The predicted octanol–water partition coefficient (Wildman–Crippen LogP) is 2.50. The molecule has 1 heterocycles. The van der Waals surface area contributed by atoms with Gasteiger partial charge in [0.15, 0.2) is 0 Å². The van der Waals surface area contributed by atoms with E-state index in [-0.39, 0.29) is 11.1 Å². The molecule has 1 aliphatic rings. The molecular formula is C13H14IN3O. The second-order valence-corrected chi connectivity index (χ2v) is 6.28. The molecule has 3 rings (SSSR count). The fraction of sp³-hybridized carbons (Fsp3) is 0.385. The number of aromatic nitrogens is 2. The Bertz CT molecular complexity index is 688. The first kappa shape index (κ1) is 12.0. The first-order chi connectivity index (χ1) is 8.50. The van der Waals surface area contributed by atoms with Gasteiger partial charge in [-0.15, -0.1) is 0 Å². The summed E-state index contributed by atoms with van der Waals surface area (Å²) in [4.78, 5) is 16.9. The first-order valence-corrected chi connectivity index (χ1v) is 7.01. The van der Waals surface area contributed by atoms with Gasteiger partial charge in [-0.3, -0.25) is 9.36 Å². The van der Waals surface area contributed by atoms with Crippen molar-refractivity contribution >= 4 is 39.4 Å². The van der Waals surface area contributed by atoms with Crippen molar-refractivity contribution in [1.82, 2.24) is 9.55 Å². The minimum Gasteiger partial charge on any atom is -0.350 e. The molecule has 0 unspecified atom stereocenters. The Morgan fingerprint density at radius 1 is 1.44 bits per heavy atom. The van der Waals surface area contributed by atoms with E-state index in [9.17, 15) is 4.79 Å². The number of para-hydroxylation sites is 1. The van der Waals surface area contributed by atoms with Crippen LogP contribution in [-0.2, 0) is 7.05 Å². The van der Waals surface area contributed by atoms with Gasteiger partial charge in [-0.25, -0.2) is 4.98 Å².